The number of hydrogen-bond acceptors (Lipinski definition) is 3. The Morgan fingerprint density at radius 3 is 2.52 bits per heavy atom. The van der Waals surface area contributed by atoms with E-state index in [1.165, 1.54) is 0 Å². The van der Waals surface area contributed by atoms with Gasteiger partial charge in [0.05, 0.1) is 34.9 Å². The van der Waals surface area contributed by atoms with Gasteiger partial charge in [-0.1, -0.05) is 38.1 Å². The zero-order chi connectivity index (χ0) is 18.8. The summed E-state index contributed by atoms with van der Waals surface area (Å²) in [5.41, 5.74) is 4.49. The molecule has 0 atom stereocenters. The first-order valence-corrected chi connectivity index (χ1v) is 9.51. The van der Waals surface area contributed by atoms with E-state index in [1.807, 2.05) is 53.2 Å². The van der Waals surface area contributed by atoms with E-state index in [9.17, 15) is 4.79 Å². The van der Waals surface area contributed by atoms with Gasteiger partial charge in [-0.15, -0.1) is 0 Å². The number of carbonyl (C=O) groups is 1. The van der Waals surface area contributed by atoms with Crippen LogP contribution in [-0.4, -0.2) is 20.7 Å². The van der Waals surface area contributed by atoms with Gasteiger partial charge in [0, 0.05) is 12.1 Å². The molecule has 0 saturated heterocycles. The van der Waals surface area contributed by atoms with Gasteiger partial charge in [-0.05, 0) is 43.0 Å². The lowest BCUT2D eigenvalue weighted by molar-refractivity contribution is 0.0948. The third kappa shape index (κ3) is 3.63. The standard InChI is InChI=1S/C22H24N4O/c1-15(2)21-19(22(27)24-14-17-8-6-7-13-23-17)20(16-11-12-16)25-26(21)18-9-4-3-5-10-18/h3-10,13,15-16H,11-12,14H2,1-2H3,(H,24,27). The lowest BCUT2D eigenvalue weighted by Gasteiger charge is -2.13. The molecule has 1 amide bonds. The smallest absolute Gasteiger partial charge is 0.255 e. The Hall–Kier alpha value is -2.95. The molecule has 1 aliphatic rings. The van der Waals surface area contributed by atoms with E-state index in [2.05, 4.69) is 24.1 Å². The first-order chi connectivity index (χ1) is 13.1. The summed E-state index contributed by atoms with van der Waals surface area (Å²) >= 11 is 0. The van der Waals surface area contributed by atoms with Crippen LogP contribution in [0.25, 0.3) is 5.69 Å². The van der Waals surface area contributed by atoms with Crippen LogP contribution < -0.4 is 5.32 Å². The minimum absolute atomic E-state index is 0.0616. The summed E-state index contributed by atoms with van der Waals surface area (Å²) < 4.78 is 1.95. The van der Waals surface area contributed by atoms with Crippen LogP contribution in [0.4, 0.5) is 0 Å². The molecule has 0 unspecified atom stereocenters. The number of amides is 1. The maximum absolute atomic E-state index is 13.1. The Kier molecular flexibility index (Phi) is 4.75. The highest BCUT2D eigenvalue weighted by atomic mass is 16.1. The fourth-order valence-electron chi connectivity index (χ4n) is 3.39. The van der Waals surface area contributed by atoms with Crippen molar-refractivity contribution in [2.24, 2.45) is 0 Å². The van der Waals surface area contributed by atoms with Crippen LogP contribution in [0.15, 0.2) is 54.7 Å². The van der Waals surface area contributed by atoms with Gasteiger partial charge in [-0.2, -0.15) is 5.10 Å². The normalized spacial score (nSPS) is 13.7. The summed E-state index contributed by atoms with van der Waals surface area (Å²) in [5, 5.41) is 7.92. The predicted octanol–water partition coefficient (Wildman–Crippen LogP) is 4.20. The monoisotopic (exact) mass is 360 g/mol. The molecule has 0 bridgehead atoms. The van der Waals surface area contributed by atoms with E-state index < -0.39 is 0 Å². The van der Waals surface area contributed by atoms with Crippen molar-refractivity contribution in [2.75, 3.05) is 0 Å². The average Bonchev–Trinajstić information content (AvgIpc) is 3.46. The number of aromatic nitrogens is 3. The molecule has 1 fully saturated rings. The number of benzene rings is 1. The second kappa shape index (κ2) is 7.35. The van der Waals surface area contributed by atoms with Crippen molar-refractivity contribution in [2.45, 2.75) is 45.1 Å². The van der Waals surface area contributed by atoms with Crippen LogP contribution in [0.5, 0.6) is 0 Å². The van der Waals surface area contributed by atoms with Crippen molar-refractivity contribution in [1.82, 2.24) is 20.1 Å². The molecule has 0 aliphatic heterocycles. The summed E-state index contributed by atoms with van der Waals surface area (Å²) in [7, 11) is 0. The van der Waals surface area contributed by atoms with Crippen LogP contribution in [0.2, 0.25) is 0 Å². The topological polar surface area (TPSA) is 59.8 Å². The molecule has 2 heterocycles. The maximum atomic E-state index is 13.1. The quantitative estimate of drug-likeness (QED) is 0.717. The van der Waals surface area contributed by atoms with Crippen molar-refractivity contribution in [3.8, 4) is 5.69 Å². The van der Waals surface area contributed by atoms with E-state index in [-0.39, 0.29) is 11.8 Å². The molecule has 0 radical (unpaired) electrons. The highest BCUT2D eigenvalue weighted by Crippen LogP contribution is 2.43. The molecule has 1 N–H and O–H groups in total. The number of nitrogens with one attached hydrogen (secondary N) is 1. The van der Waals surface area contributed by atoms with Crippen molar-refractivity contribution >= 4 is 5.91 Å². The maximum Gasteiger partial charge on any atom is 0.255 e. The first-order valence-electron chi connectivity index (χ1n) is 9.51. The molecule has 3 aromatic rings. The van der Waals surface area contributed by atoms with Gasteiger partial charge in [0.2, 0.25) is 0 Å². The highest BCUT2D eigenvalue weighted by Gasteiger charge is 2.35. The van der Waals surface area contributed by atoms with E-state index in [1.54, 1.807) is 6.20 Å². The van der Waals surface area contributed by atoms with Gasteiger partial charge < -0.3 is 5.32 Å². The van der Waals surface area contributed by atoms with Crippen LogP contribution in [0.3, 0.4) is 0 Å². The molecule has 4 rings (SSSR count). The Balaban J connectivity index is 1.72. The number of rotatable bonds is 6. The van der Waals surface area contributed by atoms with Gasteiger partial charge in [-0.3, -0.25) is 9.78 Å². The molecule has 5 heteroatoms. The molecular weight excluding hydrogens is 336 g/mol. The van der Waals surface area contributed by atoms with E-state index in [0.717, 1.165) is 41.2 Å². The lowest BCUT2D eigenvalue weighted by atomic mass is 10.0. The third-order valence-corrected chi connectivity index (χ3v) is 4.84. The number of para-hydroxylation sites is 1. The molecule has 5 nitrogen and oxygen atoms in total. The highest BCUT2D eigenvalue weighted by molar-refractivity contribution is 5.97. The van der Waals surface area contributed by atoms with Gasteiger partial charge in [-0.25, -0.2) is 4.68 Å². The minimum atomic E-state index is -0.0616. The van der Waals surface area contributed by atoms with Crippen LogP contribution >= 0.6 is 0 Å². The van der Waals surface area contributed by atoms with Crippen molar-refractivity contribution in [1.29, 1.82) is 0 Å². The summed E-state index contributed by atoms with van der Waals surface area (Å²) in [4.78, 5) is 17.4. The molecular formula is C22H24N4O. The summed E-state index contributed by atoms with van der Waals surface area (Å²) in [5.74, 6) is 0.511. The summed E-state index contributed by atoms with van der Waals surface area (Å²) in [6.45, 7) is 4.64. The van der Waals surface area contributed by atoms with Gasteiger partial charge in [0.1, 0.15) is 0 Å². The predicted molar refractivity (Wildman–Crippen MR) is 105 cm³/mol. The first kappa shape index (κ1) is 17.5. The molecule has 1 aromatic carbocycles. The Labute approximate surface area is 159 Å². The summed E-state index contributed by atoms with van der Waals surface area (Å²) in [6.07, 6.45) is 3.94. The molecule has 138 valence electrons. The third-order valence-electron chi connectivity index (χ3n) is 4.84. The molecule has 1 saturated carbocycles. The van der Waals surface area contributed by atoms with Crippen LogP contribution in [0.1, 0.15) is 66.0 Å². The van der Waals surface area contributed by atoms with Crippen LogP contribution in [0, 0.1) is 0 Å². The largest absolute Gasteiger partial charge is 0.346 e. The van der Waals surface area contributed by atoms with E-state index in [0.29, 0.717) is 12.5 Å². The lowest BCUT2D eigenvalue weighted by Crippen LogP contribution is -2.25. The van der Waals surface area contributed by atoms with E-state index >= 15 is 0 Å². The van der Waals surface area contributed by atoms with E-state index in [4.69, 9.17) is 5.10 Å². The fourth-order valence-corrected chi connectivity index (χ4v) is 3.39. The second-order valence-electron chi connectivity index (χ2n) is 7.33. The number of carbonyl (C=O) groups excluding carboxylic acids is 1. The second-order valence-corrected chi connectivity index (χ2v) is 7.33. The zero-order valence-corrected chi connectivity index (χ0v) is 15.7. The van der Waals surface area contributed by atoms with Gasteiger partial charge >= 0.3 is 0 Å². The number of nitrogens with zero attached hydrogens (tertiary/aromatic N) is 3. The summed E-state index contributed by atoms with van der Waals surface area (Å²) in [6, 6.07) is 15.8. The fraction of sp³-hybridized carbons (Fsp3) is 0.318. The van der Waals surface area contributed by atoms with Gasteiger partial charge in [0.15, 0.2) is 0 Å². The molecule has 0 spiro atoms. The SMILES string of the molecule is CC(C)c1c(C(=O)NCc2ccccn2)c(C2CC2)nn1-c1ccccc1. The molecule has 2 aromatic heterocycles. The average molecular weight is 360 g/mol. The Morgan fingerprint density at radius 2 is 1.89 bits per heavy atom. The molecule has 1 aliphatic carbocycles. The molecule has 27 heavy (non-hydrogen) atoms. The van der Waals surface area contributed by atoms with Crippen LogP contribution in [-0.2, 0) is 6.54 Å². The number of hydrogen-bond donors (Lipinski definition) is 1. The van der Waals surface area contributed by atoms with Crippen molar-refractivity contribution < 1.29 is 4.79 Å². The zero-order valence-electron chi connectivity index (χ0n) is 15.7. The minimum Gasteiger partial charge on any atom is -0.346 e. The van der Waals surface area contributed by atoms with Gasteiger partial charge in [0.25, 0.3) is 5.91 Å². The number of pyridine rings is 1. The van der Waals surface area contributed by atoms with Crippen molar-refractivity contribution in [3.05, 3.63) is 77.4 Å². The van der Waals surface area contributed by atoms with Crippen molar-refractivity contribution in [3.63, 3.8) is 0 Å². The Morgan fingerprint density at radius 1 is 1.15 bits per heavy atom. The Bertz CT molecular complexity index is 928.